The Hall–Kier alpha value is -2.15. The molecule has 2 atom stereocenters. The Morgan fingerprint density at radius 1 is 1.42 bits per heavy atom. The number of amides is 2. The molecule has 0 radical (unpaired) electrons. The normalized spacial score (nSPS) is 24.3. The fourth-order valence-electron chi connectivity index (χ4n) is 3.34. The third-order valence-electron chi connectivity index (χ3n) is 4.69. The van der Waals surface area contributed by atoms with Gasteiger partial charge < -0.3 is 19.3 Å². The summed E-state index contributed by atoms with van der Waals surface area (Å²) in [6, 6.07) is 3.51. The summed E-state index contributed by atoms with van der Waals surface area (Å²) >= 11 is 0. The molecule has 3 heterocycles. The first-order valence-electron chi connectivity index (χ1n) is 8.36. The van der Waals surface area contributed by atoms with E-state index in [-0.39, 0.29) is 30.6 Å². The van der Waals surface area contributed by atoms with Crippen LogP contribution in [0.2, 0.25) is 0 Å². The Kier molecular flexibility index (Phi) is 4.99. The van der Waals surface area contributed by atoms with Gasteiger partial charge in [-0.25, -0.2) is 4.98 Å². The Morgan fingerprint density at radius 3 is 3.00 bits per heavy atom. The van der Waals surface area contributed by atoms with Gasteiger partial charge in [-0.15, -0.1) is 0 Å². The molecule has 130 valence electrons. The van der Waals surface area contributed by atoms with Crippen molar-refractivity contribution in [2.45, 2.75) is 31.9 Å². The summed E-state index contributed by atoms with van der Waals surface area (Å²) in [6.45, 7) is 3.64. The first-order valence-corrected chi connectivity index (χ1v) is 8.36. The summed E-state index contributed by atoms with van der Waals surface area (Å²) in [6.07, 6.45) is 3.04. The van der Waals surface area contributed by atoms with Crippen LogP contribution in [0.1, 0.15) is 30.1 Å². The van der Waals surface area contributed by atoms with E-state index in [1.807, 2.05) is 14.0 Å². The number of rotatable bonds is 3. The molecule has 1 aromatic rings. The molecule has 0 saturated carbocycles. The van der Waals surface area contributed by atoms with Gasteiger partial charge in [0.2, 0.25) is 11.8 Å². The summed E-state index contributed by atoms with van der Waals surface area (Å²) in [4.78, 5) is 32.4. The van der Waals surface area contributed by atoms with E-state index >= 15 is 0 Å². The first kappa shape index (κ1) is 16.7. The summed E-state index contributed by atoms with van der Waals surface area (Å²) in [5.41, 5.74) is 0.481. The molecule has 7 nitrogen and oxygen atoms in total. The Morgan fingerprint density at radius 2 is 2.21 bits per heavy atom. The number of carbonyl (C=O) groups is 2. The van der Waals surface area contributed by atoms with Gasteiger partial charge in [0, 0.05) is 26.3 Å². The monoisotopic (exact) mass is 333 g/mol. The average Bonchev–Trinajstić information content (AvgIpc) is 2.81. The van der Waals surface area contributed by atoms with Gasteiger partial charge >= 0.3 is 0 Å². The van der Waals surface area contributed by atoms with Crippen molar-refractivity contribution < 1.29 is 19.1 Å². The fourth-order valence-corrected chi connectivity index (χ4v) is 3.34. The lowest BCUT2D eigenvalue weighted by molar-refractivity contribution is -0.154. The van der Waals surface area contributed by atoms with Gasteiger partial charge in [0.15, 0.2) is 0 Å². The van der Waals surface area contributed by atoms with Crippen molar-refractivity contribution in [3.05, 3.63) is 23.9 Å². The minimum Gasteiger partial charge on any atom is -0.477 e. The standard InChI is InChI=1S/C17H23N3O4/c1-3-23-16-12(5-4-8-18-16)17(22)20-9-6-13-14(7-10-20)24-11-15(21)19(13)2/h4-5,8,13-14H,3,6-7,9-11H2,1-2H3/t13-,14-/m0/s1. The molecule has 7 heteroatoms. The van der Waals surface area contributed by atoms with Crippen molar-refractivity contribution in [1.82, 2.24) is 14.8 Å². The van der Waals surface area contributed by atoms with Crippen LogP contribution in [0.5, 0.6) is 5.88 Å². The van der Waals surface area contributed by atoms with Gasteiger partial charge in [0.05, 0.1) is 18.8 Å². The van der Waals surface area contributed by atoms with Gasteiger partial charge in [-0.3, -0.25) is 9.59 Å². The van der Waals surface area contributed by atoms with Gasteiger partial charge in [-0.05, 0) is 31.9 Å². The van der Waals surface area contributed by atoms with Gasteiger partial charge in [0.25, 0.3) is 5.91 Å². The zero-order valence-corrected chi connectivity index (χ0v) is 14.1. The number of carbonyl (C=O) groups excluding carboxylic acids is 2. The summed E-state index contributed by atoms with van der Waals surface area (Å²) in [5.74, 6) is 0.288. The first-order chi connectivity index (χ1) is 11.6. The maximum Gasteiger partial charge on any atom is 0.259 e. The molecule has 0 bridgehead atoms. The van der Waals surface area contributed by atoms with Crippen LogP contribution in [0.15, 0.2) is 18.3 Å². The van der Waals surface area contributed by atoms with Crippen LogP contribution >= 0.6 is 0 Å². The molecule has 3 rings (SSSR count). The quantitative estimate of drug-likeness (QED) is 0.823. The number of fused-ring (bicyclic) bond motifs is 1. The Bertz CT molecular complexity index is 622. The lowest BCUT2D eigenvalue weighted by Gasteiger charge is -2.37. The summed E-state index contributed by atoms with van der Waals surface area (Å²) in [7, 11) is 1.81. The van der Waals surface area contributed by atoms with Crippen molar-refractivity contribution in [3.8, 4) is 5.88 Å². The number of ether oxygens (including phenoxy) is 2. The second kappa shape index (κ2) is 7.17. The lowest BCUT2D eigenvalue weighted by Crippen LogP contribution is -2.52. The van der Waals surface area contributed by atoms with E-state index in [2.05, 4.69) is 4.98 Å². The Labute approximate surface area is 141 Å². The van der Waals surface area contributed by atoms with Crippen LogP contribution in [0.3, 0.4) is 0 Å². The van der Waals surface area contributed by atoms with E-state index in [4.69, 9.17) is 9.47 Å². The molecule has 0 aliphatic carbocycles. The maximum atomic E-state index is 12.9. The molecule has 2 fully saturated rings. The molecular formula is C17H23N3O4. The molecule has 0 N–H and O–H groups in total. The third-order valence-corrected chi connectivity index (χ3v) is 4.69. The maximum absolute atomic E-state index is 12.9. The van der Waals surface area contributed by atoms with Crippen molar-refractivity contribution >= 4 is 11.8 Å². The largest absolute Gasteiger partial charge is 0.477 e. The van der Waals surface area contributed by atoms with Crippen molar-refractivity contribution in [2.24, 2.45) is 0 Å². The zero-order chi connectivity index (χ0) is 17.1. The van der Waals surface area contributed by atoms with Crippen LogP contribution in [-0.2, 0) is 9.53 Å². The summed E-state index contributed by atoms with van der Waals surface area (Å²) < 4.78 is 11.1. The average molecular weight is 333 g/mol. The van der Waals surface area contributed by atoms with Crippen LogP contribution < -0.4 is 4.74 Å². The van der Waals surface area contributed by atoms with Crippen LogP contribution in [0.25, 0.3) is 0 Å². The smallest absolute Gasteiger partial charge is 0.259 e. The Balaban J connectivity index is 1.74. The van der Waals surface area contributed by atoms with Gasteiger partial charge in [-0.2, -0.15) is 0 Å². The molecule has 0 spiro atoms. The molecular weight excluding hydrogens is 310 g/mol. The number of pyridine rings is 1. The molecule has 24 heavy (non-hydrogen) atoms. The van der Waals surface area contributed by atoms with Crippen LogP contribution in [-0.4, -0.2) is 72.1 Å². The molecule has 0 unspecified atom stereocenters. The number of hydrogen-bond donors (Lipinski definition) is 0. The SMILES string of the molecule is CCOc1ncccc1C(=O)N1CC[C@@H]2OCC(=O)N(C)[C@H]2CC1. The zero-order valence-electron chi connectivity index (χ0n) is 14.1. The van der Waals surface area contributed by atoms with Crippen molar-refractivity contribution in [2.75, 3.05) is 33.4 Å². The van der Waals surface area contributed by atoms with E-state index in [1.165, 1.54) is 0 Å². The van der Waals surface area contributed by atoms with Gasteiger partial charge in [0.1, 0.15) is 12.2 Å². The predicted molar refractivity (Wildman–Crippen MR) is 86.8 cm³/mol. The number of likely N-dealkylation sites (N-methyl/N-ethyl adjacent to an activating group) is 1. The minimum atomic E-state index is -0.0841. The topological polar surface area (TPSA) is 72.0 Å². The highest BCUT2D eigenvalue weighted by Crippen LogP contribution is 2.25. The van der Waals surface area contributed by atoms with E-state index in [1.54, 1.807) is 28.1 Å². The summed E-state index contributed by atoms with van der Waals surface area (Å²) in [5, 5.41) is 0. The van der Waals surface area contributed by atoms with Crippen LogP contribution in [0, 0.1) is 0 Å². The molecule has 2 amide bonds. The van der Waals surface area contributed by atoms with Crippen molar-refractivity contribution in [3.63, 3.8) is 0 Å². The number of hydrogen-bond acceptors (Lipinski definition) is 5. The van der Waals surface area contributed by atoms with Crippen LogP contribution in [0.4, 0.5) is 0 Å². The van der Waals surface area contributed by atoms with Gasteiger partial charge in [-0.1, -0.05) is 0 Å². The minimum absolute atomic E-state index is 0.00178. The lowest BCUT2D eigenvalue weighted by atomic mass is 10.0. The van der Waals surface area contributed by atoms with E-state index in [9.17, 15) is 9.59 Å². The second-order valence-corrected chi connectivity index (χ2v) is 6.08. The predicted octanol–water partition coefficient (Wildman–Crippen LogP) is 0.942. The molecule has 2 saturated heterocycles. The van der Waals surface area contributed by atoms with Crippen molar-refractivity contribution in [1.29, 1.82) is 0 Å². The van der Waals surface area contributed by atoms with E-state index < -0.39 is 0 Å². The molecule has 2 aliphatic heterocycles. The fraction of sp³-hybridized carbons (Fsp3) is 0.588. The highest BCUT2D eigenvalue weighted by molar-refractivity contribution is 5.96. The van der Waals surface area contributed by atoms with E-state index in [0.29, 0.717) is 37.6 Å². The second-order valence-electron chi connectivity index (χ2n) is 6.08. The molecule has 1 aromatic heterocycles. The molecule has 2 aliphatic rings. The molecule has 0 aromatic carbocycles. The van der Waals surface area contributed by atoms with E-state index in [0.717, 1.165) is 6.42 Å². The number of morpholine rings is 1. The number of likely N-dealkylation sites (tertiary alicyclic amines) is 1. The highest BCUT2D eigenvalue weighted by Gasteiger charge is 2.37. The number of nitrogens with zero attached hydrogens (tertiary/aromatic N) is 3. The third kappa shape index (κ3) is 3.21. The highest BCUT2D eigenvalue weighted by atomic mass is 16.5. The number of aromatic nitrogens is 1.